The van der Waals surface area contributed by atoms with Crippen LogP contribution in [0.25, 0.3) is 0 Å². The van der Waals surface area contributed by atoms with Crippen molar-refractivity contribution in [2.24, 2.45) is 23.5 Å². The molecule has 0 aromatic rings. The highest BCUT2D eigenvalue weighted by Crippen LogP contribution is 2.39. The van der Waals surface area contributed by atoms with Crippen LogP contribution in [0.4, 0.5) is 0 Å². The third kappa shape index (κ3) is 2.45. The van der Waals surface area contributed by atoms with E-state index in [-0.39, 0.29) is 24.4 Å². The van der Waals surface area contributed by atoms with E-state index < -0.39 is 0 Å². The molecule has 17 heavy (non-hydrogen) atoms. The SMILES string of the molecule is Cl.NC1CCC(C(=O)N2CC3CCCC3C2)C1. The molecular weight excluding hydrogens is 236 g/mol. The Morgan fingerprint density at radius 3 is 2.24 bits per heavy atom. The summed E-state index contributed by atoms with van der Waals surface area (Å²) in [6.07, 6.45) is 7.05. The molecule has 98 valence electrons. The van der Waals surface area contributed by atoms with Gasteiger partial charge in [0, 0.05) is 25.0 Å². The molecule has 0 radical (unpaired) electrons. The van der Waals surface area contributed by atoms with Crippen LogP contribution in [-0.4, -0.2) is 29.9 Å². The highest BCUT2D eigenvalue weighted by Gasteiger charge is 2.40. The lowest BCUT2D eigenvalue weighted by Crippen LogP contribution is -2.34. The quantitative estimate of drug-likeness (QED) is 0.780. The van der Waals surface area contributed by atoms with Gasteiger partial charge in [0.2, 0.25) is 5.91 Å². The van der Waals surface area contributed by atoms with Gasteiger partial charge in [-0.3, -0.25) is 4.79 Å². The molecule has 3 aliphatic rings. The number of amides is 1. The zero-order valence-corrected chi connectivity index (χ0v) is 11.1. The molecule has 4 atom stereocenters. The molecule has 0 aromatic carbocycles. The van der Waals surface area contributed by atoms with Crippen LogP contribution >= 0.6 is 12.4 Å². The van der Waals surface area contributed by atoms with Crippen LogP contribution in [0.5, 0.6) is 0 Å². The molecule has 0 spiro atoms. The monoisotopic (exact) mass is 258 g/mol. The Balaban J connectivity index is 0.00000108. The topological polar surface area (TPSA) is 46.3 Å². The Labute approximate surface area is 110 Å². The maximum atomic E-state index is 12.3. The minimum Gasteiger partial charge on any atom is -0.342 e. The third-order valence-electron chi connectivity index (χ3n) is 4.86. The summed E-state index contributed by atoms with van der Waals surface area (Å²) in [5.74, 6) is 2.29. The first-order valence-corrected chi connectivity index (χ1v) is 6.78. The summed E-state index contributed by atoms with van der Waals surface area (Å²) in [5, 5.41) is 0. The number of halogens is 1. The van der Waals surface area contributed by atoms with E-state index in [1.807, 2.05) is 0 Å². The second kappa shape index (κ2) is 5.15. The van der Waals surface area contributed by atoms with E-state index in [9.17, 15) is 4.79 Å². The molecule has 4 heteroatoms. The molecule has 3 rings (SSSR count). The first-order valence-electron chi connectivity index (χ1n) is 6.78. The second-order valence-corrected chi connectivity index (χ2v) is 5.96. The standard InChI is InChI=1S/C13H22N2O.ClH/c14-12-5-4-9(6-12)13(16)15-7-10-2-1-3-11(10)8-15;/h9-12H,1-8,14H2;1H. The highest BCUT2D eigenvalue weighted by atomic mass is 35.5. The summed E-state index contributed by atoms with van der Waals surface area (Å²) < 4.78 is 0. The van der Waals surface area contributed by atoms with Gasteiger partial charge in [-0.1, -0.05) is 6.42 Å². The Hall–Kier alpha value is -0.280. The maximum absolute atomic E-state index is 12.3. The van der Waals surface area contributed by atoms with Crippen LogP contribution in [-0.2, 0) is 4.79 Å². The number of nitrogens with two attached hydrogens (primary N) is 1. The van der Waals surface area contributed by atoms with Gasteiger partial charge >= 0.3 is 0 Å². The summed E-state index contributed by atoms with van der Waals surface area (Å²) in [6, 6.07) is 0.274. The minimum atomic E-state index is 0. The van der Waals surface area contributed by atoms with E-state index in [1.165, 1.54) is 19.3 Å². The summed E-state index contributed by atoms with van der Waals surface area (Å²) in [7, 11) is 0. The van der Waals surface area contributed by atoms with E-state index in [1.54, 1.807) is 0 Å². The summed E-state index contributed by atoms with van der Waals surface area (Å²) in [4.78, 5) is 14.4. The van der Waals surface area contributed by atoms with E-state index in [0.717, 1.165) is 44.2 Å². The molecule has 1 aliphatic heterocycles. The van der Waals surface area contributed by atoms with Crippen molar-refractivity contribution in [1.29, 1.82) is 0 Å². The van der Waals surface area contributed by atoms with Gasteiger partial charge in [-0.2, -0.15) is 0 Å². The molecule has 3 nitrogen and oxygen atoms in total. The number of rotatable bonds is 1. The second-order valence-electron chi connectivity index (χ2n) is 5.96. The number of hydrogen-bond acceptors (Lipinski definition) is 2. The lowest BCUT2D eigenvalue weighted by atomic mass is 10.0. The zero-order valence-electron chi connectivity index (χ0n) is 10.3. The van der Waals surface area contributed by atoms with Crippen LogP contribution in [0.1, 0.15) is 38.5 Å². The molecule has 0 aromatic heterocycles. The fraction of sp³-hybridized carbons (Fsp3) is 0.923. The fourth-order valence-corrected chi connectivity index (χ4v) is 3.91. The molecule has 3 fully saturated rings. The minimum absolute atomic E-state index is 0. The van der Waals surface area contributed by atoms with Crippen LogP contribution in [0.3, 0.4) is 0 Å². The number of nitrogens with zero attached hydrogens (tertiary/aromatic N) is 1. The van der Waals surface area contributed by atoms with Gasteiger partial charge in [0.05, 0.1) is 0 Å². The fourth-order valence-electron chi connectivity index (χ4n) is 3.91. The number of carbonyl (C=O) groups is 1. The van der Waals surface area contributed by atoms with Crippen molar-refractivity contribution in [3.05, 3.63) is 0 Å². The molecule has 1 heterocycles. The van der Waals surface area contributed by atoms with E-state index in [0.29, 0.717) is 5.91 Å². The van der Waals surface area contributed by atoms with Crippen molar-refractivity contribution in [2.75, 3.05) is 13.1 Å². The highest BCUT2D eigenvalue weighted by molar-refractivity contribution is 5.85. The van der Waals surface area contributed by atoms with Crippen molar-refractivity contribution >= 4 is 18.3 Å². The number of carbonyl (C=O) groups excluding carboxylic acids is 1. The molecule has 0 bridgehead atoms. The third-order valence-corrected chi connectivity index (χ3v) is 4.86. The molecule has 1 amide bonds. The Morgan fingerprint density at radius 2 is 1.71 bits per heavy atom. The van der Waals surface area contributed by atoms with E-state index in [4.69, 9.17) is 5.73 Å². The van der Waals surface area contributed by atoms with Gasteiger partial charge in [-0.05, 0) is 43.9 Å². The van der Waals surface area contributed by atoms with E-state index >= 15 is 0 Å². The summed E-state index contributed by atoms with van der Waals surface area (Å²) >= 11 is 0. The Kier molecular flexibility index (Phi) is 3.99. The number of likely N-dealkylation sites (tertiary alicyclic amines) is 1. The van der Waals surface area contributed by atoms with Crippen LogP contribution in [0.15, 0.2) is 0 Å². The van der Waals surface area contributed by atoms with Crippen molar-refractivity contribution < 1.29 is 4.79 Å². The predicted octanol–water partition coefficient (Wildman–Crippen LogP) is 1.79. The predicted molar refractivity (Wildman–Crippen MR) is 70.0 cm³/mol. The lowest BCUT2D eigenvalue weighted by Gasteiger charge is -2.21. The zero-order chi connectivity index (χ0) is 11.1. The van der Waals surface area contributed by atoms with Gasteiger partial charge in [0.15, 0.2) is 0 Å². The average Bonchev–Trinajstić information content (AvgIpc) is 2.89. The average molecular weight is 259 g/mol. The summed E-state index contributed by atoms with van der Waals surface area (Å²) in [6.45, 7) is 2.07. The largest absolute Gasteiger partial charge is 0.342 e. The lowest BCUT2D eigenvalue weighted by molar-refractivity contribution is -0.134. The first-order chi connectivity index (χ1) is 7.74. The van der Waals surface area contributed by atoms with Crippen LogP contribution < -0.4 is 5.73 Å². The Bertz CT molecular complexity index is 285. The number of fused-ring (bicyclic) bond motifs is 1. The molecule has 4 unspecified atom stereocenters. The van der Waals surface area contributed by atoms with Gasteiger partial charge in [-0.15, -0.1) is 12.4 Å². The molecule has 2 N–H and O–H groups in total. The van der Waals surface area contributed by atoms with Gasteiger partial charge in [0.1, 0.15) is 0 Å². The molecule has 1 saturated heterocycles. The van der Waals surface area contributed by atoms with Crippen molar-refractivity contribution in [1.82, 2.24) is 4.90 Å². The first kappa shape index (κ1) is 13.2. The van der Waals surface area contributed by atoms with Gasteiger partial charge in [0.25, 0.3) is 0 Å². The molecule has 2 saturated carbocycles. The van der Waals surface area contributed by atoms with Crippen molar-refractivity contribution in [2.45, 2.75) is 44.6 Å². The van der Waals surface area contributed by atoms with Crippen molar-refractivity contribution in [3.8, 4) is 0 Å². The van der Waals surface area contributed by atoms with Gasteiger partial charge in [-0.25, -0.2) is 0 Å². The normalized spacial score (nSPS) is 40.2. The number of hydrogen-bond donors (Lipinski definition) is 1. The molecule has 2 aliphatic carbocycles. The summed E-state index contributed by atoms with van der Waals surface area (Å²) in [5.41, 5.74) is 5.88. The maximum Gasteiger partial charge on any atom is 0.225 e. The smallest absolute Gasteiger partial charge is 0.225 e. The van der Waals surface area contributed by atoms with E-state index in [2.05, 4.69) is 4.90 Å². The Morgan fingerprint density at radius 1 is 1.06 bits per heavy atom. The van der Waals surface area contributed by atoms with Crippen LogP contribution in [0, 0.1) is 17.8 Å². The van der Waals surface area contributed by atoms with Gasteiger partial charge < -0.3 is 10.6 Å². The molecular formula is C13H23ClN2O. The van der Waals surface area contributed by atoms with Crippen LogP contribution in [0.2, 0.25) is 0 Å². The van der Waals surface area contributed by atoms with Crippen molar-refractivity contribution in [3.63, 3.8) is 0 Å².